The molecule has 1 atom stereocenters. The molecule has 2 aromatic carbocycles. The average Bonchev–Trinajstić information content (AvgIpc) is 3.23. The van der Waals surface area contributed by atoms with E-state index in [0.29, 0.717) is 35.9 Å². The zero-order valence-corrected chi connectivity index (χ0v) is 16.3. The van der Waals surface area contributed by atoms with Gasteiger partial charge in [0, 0.05) is 13.0 Å². The molecule has 3 aromatic rings. The maximum absolute atomic E-state index is 13.2. The number of ether oxygens (including phenoxy) is 1. The maximum Gasteiger partial charge on any atom is 0.258 e. The van der Waals surface area contributed by atoms with Crippen molar-refractivity contribution in [2.45, 2.75) is 31.7 Å². The van der Waals surface area contributed by atoms with E-state index in [9.17, 15) is 9.18 Å². The number of nitrogens with zero attached hydrogens (tertiary/aromatic N) is 2. The lowest BCUT2D eigenvalue weighted by atomic mass is 10.0. The molecule has 1 aromatic heterocycles. The Hall–Kier alpha value is -3.15. The molecule has 1 fully saturated rings. The van der Waals surface area contributed by atoms with Gasteiger partial charge in [-0.2, -0.15) is 0 Å². The first kappa shape index (κ1) is 19.2. The van der Waals surface area contributed by atoms with Gasteiger partial charge in [-0.3, -0.25) is 4.79 Å². The van der Waals surface area contributed by atoms with Gasteiger partial charge in [-0.05, 0) is 49.1 Å². The number of halogens is 1. The van der Waals surface area contributed by atoms with Crippen LogP contribution in [0, 0.1) is 5.82 Å². The zero-order chi connectivity index (χ0) is 20.2. The number of benzene rings is 2. The molecule has 4 rings (SSSR count). The van der Waals surface area contributed by atoms with Crippen LogP contribution < -0.4 is 4.74 Å². The first-order valence-corrected chi connectivity index (χ1v) is 9.78. The van der Waals surface area contributed by atoms with Crippen LogP contribution in [0.5, 0.6) is 5.75 Å². The monoisotopic (exact) mass is 394 g/mol. The number of hydrogen-bond acceptors (Lipinski definition) is 4. The Morgan fingerprint density at radius 2 is 2.00 bits per heavy atom. The molecule has 0 radical (unpaired) electrons. The highest BCUT2D eigenvalue weighted by Gasteiger charge is 2.33. The fourth-order valence-electron chi connectivity index (χ4n) is 3.77. The smallest absolute Gasteiger partial charge is 0.258 e. The lowest BCUT2D eigenvalue weighted by Gasteiger charge is -2.34. The minimum atomic E-state index is -0.264. The number of amides is 1. The van der Waals surface area contributed by atoms with Crippen LogP contribution in [0.25, 0.3) is 0 Å². The highest BCUT2D eigenvalue weighted by molar-refractivity contribution is 5.97. The van der Waals surface area contributed by atoms with E-state index in [2.05, 4.69) is 4.98 Å². The molecular weight excluding hydrogens is 371 g/mol. The summed E-state index contributed by atoms with van der Waals surface area (Å²) < 4.78 is 24.5. The quantitative estimate of drug-likeness (QED) is 0.625. The van der Waals surface area contributed by atoms with Crippen molar-refractivity contribution in [3.8, 4) is 5.75 Å². The van der Waals surface area contributed by atoms with E-state index in [1.54, 1.807) is 37.6 Å². The second-order valence-corrected chi connectivity index (χ2v) is 7.18. The molecule has 1 aliphatic heterocycles. The van der Waals surface area contributed by atoms with Crippen LogP contribution in [0.1, 0.15) is 52.9 Å². The Morgan fingerprint density at radius 3 is 2.79 bits per heavy atom. The predicted octanol–water partition coefficient (Wildman–Crippen LogP) is 4.78. The molecule has 6 heteroatoms. The Morgan fingerprint density at radius 1 is 1.21 bits per heavy atom. The molecular formula is C23H23FN2O3. The van der Waals surface area contributed by atoms with Gasteiger partial charge in [-0.25, -0.2) is 9.37 Å². The summed E-state index contributed by atoms with van der Waals surface area (Å²) in [4.78, 5) is 19.5. The van der Waals surface area contributed by atoms with Crippen molar-refractivity contribution in [1.82, 2.24) is 9.88 Å². The molecule has 1 unspecified atom stereocenters. The van der Waals surface area contributed by atoms with Crippen molar-refractivity contribution in [2.75, 3.05) is 13.7 Å². The summed E-state index contributed by atoms with van der Waals surface area (Å²) in [7, 11) is 1.57. The molecule has 1 aliphatic rings. The minimum Gasteiger partial charge on any atom is -0.496 e. The number of likely N-dealkylation sites (tertiary alicyclic amines) is 1. The summed E-state index contributed by atoms with van der Waals surface area (Å²) in [6.45, 7) is 0.650. The lowest BCUT2D eigenvalue weighted by Crippen LogP contribution is -2.38. The third kappa shape index (κ3) is 4.16. The number of hydrogen-bond donors (Lipinski definition) is 0. The van der Waals surface area contributed by atoms with E-state index in [4.69, 9.17) is 9.15 Å². The molecule has 0 aliphatic carbocycles. The van der Waals surface area contributed by atoms with E-state index >= 15 is 0 Å². The van der Waals surface area contributed by atoms with E-state index in [0.717, 1.165) is 24.8 Å². The maximum atomic E-state index is 13.2. The summed E-state index contributed by atoms with van der Waals surface area (Å²) in [6.07, 6.45) is 4.98. The van der Waals surface area contributed by atoms with Gasteiger partial charge in [-0.15, -0.1) is 0 Å². The van der Waals surface area contributed by atoms with Crippen molar-refractivity contribution in [3.05, 3.63) is 83.3 Å². The number of methoxy groups -OCH3 is 1. The van der Waals surface area contributed by atoms with E-state index in [-0.39, 0.29) is 17.8 Å². The molecule has 0 spiro atoms. The highest BCUT2D eigenvalue weighted by Crippen LogP contribution is 2.33. The summed E-state index contributed by atoms with van der Waals surface area (Å²) in [6, 6.07) is 13.4. The second kappa shape index (κ2) is 8.47. The van der Waals surface area contributed by atoms with Gasteiger partial charge >= 0.3 is 0 Å². The third-order valence-corrected chi connectivity index (χ3v) is 5.25. The van der Waals surface area contributed by atoms with Crippen LogP contribution in [0.2, 0.25) is 0 Å². The SMILES string of the molecule is COc1ccccc1C(=O)N1CCCCC1c1ncc(Cc2ccc(F)cc2)o1. The van der Waals surface area contributed by atoms with Gasteiger partial charge in [-0.1, -0.05) is 24.3 Å². The number of oxazole rings is 1. The van der Waals surface area contributed by atoms with Gasteiger partial charge < -0.3 is 14.1 Å². The number of piperidine rings is 1. The van der Waals surface area contributed by atoms with Crippen molar-refractivity contribution in [3.63, 3.8) is 0 Å². The molecule has 2 heterocycles. The fourth-order valence-corrected chi connectivity index (χ4v) is 3.77. The second-order valence-electron chi connectivity index (χ2n) is 7.18. The molecule has 0 saturated carbocycles. The van der Waals surface area contributed by atoms with Crippen LogP contribution in [0.4, 0.5) is 4.39 Å². The zero-order valence-electron chi connectivity index (χ0n) is 16.3. The number of rotatable bonds is 5. The number of aromatic nitrogens is 1. The number of carbonyl (C=O) groups is 1. The molecule has 1 amide bonds. The van der Waals surface area contributed by atoms with Gasteiger partial charge in [0.25, 0.3) is 5.91 Å². The van der Waals surface area contributed by atoms with Crippen LogP contribution in [0.3, 0.4) is 0 Å². The summed E-state index contributed by atoms with van der Waals surface area (Å²) in [5, 5.41) is 0. The predicted molar refractivity (Wildman–Crippen MR) is 106 cm³/mol. The first-order chi connectivity index (χ1) is 14.2. The van der Waals surface area contributed by atoms with Gasteiger partial charge in [0.1, 0.15) is 23.4 Å². The average molecular weight is 394 g/mol. The van der Waals surface area contributed by atoms with Crippen LogP contribution in [-0.4, -0.2) is 29.4 Å². The number of carbonyl (C=O) groups excluding carboxylic acids is 1. The van der Waals surface area contributed by atoms with Crippen LogP contribution in [-0.2, 0) is 6.42 Å². The van der Waals surface area contributed by atoms with Crippen molar-refractivity contribution in [1.29, 1.82) is 0 Å². The number of para-hydroxylation sites is 1. The molecule has 29 heavy (non-hydrogen) atoms. The lowest BCUT2D eigenvalue weighted by molar-refractivity contribution is 0.0566. The minimum absolute atomic E-state index is 0.0783. The molecule has 0 bridgehead atoms. The third-order valence-electron chi connectivity index (χ3n) is 5.25. The van der Waals surface area contributed by atoms with Gasteiger partial charge in [0.15, 0.2) is 0 Å². The first-order valence-electron chi connectivity index (χ1n) is 9.78. The molecule has 150 valence electrons. The Kier molecular flexibility index (Phi) is 5.60. The van der Waals surface area contributed by atoms with Crippen molar-refractivity contribution >= 4 is 5.91 Å². The van der Waals surface area contributed by atoms with Gasteiger partial charge in [0.05, 0.1) is 18.9 Å². The van der Waals surface area contributed by atoms with Crippen LogP contribution in [0.15, 0.2) is 59.1 Å². The normalized spacial score (nSPS) is 16.6. The van der Waals surface area contributed by atoms with E-state index < -0.39 is 0 Å². The largest absolute Gasteiger partial charge is 0.496 e. The summed E-state index contributed by atoms with van der Waals surface area (Å²) in [5.41, 5.74) is 1.49. The van der Waals surface area contributed by atoms with Gasteiger partial charge in [0.2, 0.25) is 5.89 Å². The van der Waals surface area contributed by atoms with Crippen molar-refractivity contribution in [2.24, 2.45) is 0 Å². The van der Waals surface area contributed by atoms with E-state index in [1.165, 1.54) is 12.1 Å². The van der Waals surface area contributed by atoms with Crippen molar-refractivity contribution < 1.29 is 18.3 Å². The Balaban J connectivity index is 1.55. The Bertz CT molecular complexity index is 984. The fraction of sp³-hybridized carbons (Fsp3) is 0.304. The standard InChI is InChI=1S/C23H23FN2O3/c1-28-21-8-3-2-6-19(21)23(27)26-13-5-4-7-20(26)22-25-15-18(29-22)14-16-9-11-17(24)12-10-16/h2-3,6,8-12,15,20H,4-5,7,13-14H2,1H3. The van der Waals surface area contributed by atoms with E-state index in [1.807, 2.05) is 17.0 Å². The molecule has 0 N–H and O–H groups in total. The van der Waals surface area contributed by atoms with Crippen LogP contribution >= 0.6 is 0 Å². The highest BCUT2D eigenvalue weighted by atomic mass is 19.1. The summed E-state index contributed by atoms with van der Waals surface area (Å²) >= 11 is 0. The summed E-state index contributed by atoms with van der Waals surface area (Å²) in [5.74, 6) is 1.46. The molecule has 1 saturated heterocycles. The molecule has 5 nitrogen and oxygen atoms in total. The topological polar surface area (TPSA) is 55.6 Å². The Labute approximate surface area is 169 Å².